The van der Waals surface area contributed by atoms with E-state index in [1.54, 1.807) is 0 Å². The lowest BCUT2D eigenvalue weighted by Crippen LogP contribution is -2.40. The molecule has 1 aliphatic carbocycles. The lowest BCUT2D eigenvalue weighted by molar-refractivity contribution is 0.500. The quantitative estimate of drug-likeness (QED) is 0.469. The number of nitrogens with two attached hydrogens (primary N) is 2. The summed E-state index contributed by atoms with van der Waals surface area (Å²) in [6.07, 6.45) is 6.12. The summed E-state index contributed by atoms with van der Waals surface area (Å²) in [6.45, 7) is 0. The van der Waals surface area contributed by atoms with Crippen LogP contribution in [0.4, 0.5) is 0 Å². The zero-order chi connectivity index (χ0) is 6.69. The lowest BCUT2D eigenvalue weighted by atomic mass is 10.1. The molecule has 54 valence electrons. The Morgan fingerprint density at radius 1 is 0.778 bits per heavy atom. The Morgan fingerprint density at radius 3 is 1.67 bits per heavy atom. The van der Waals surface area contributed by atoms with Crippen LogP contribution in [-0.2, 0) is 0 Å². The predicted molar refractivity (Wildman–Crippen MR) is 39.0 cm³/mol. The molecule has 1 saturated carbocycles. The van der Waals surface area contributed by atoms with E-state index in [4.69, 9.17) is 11.5 Å². The summed E-state index contributed by atoms with van der Waals surface area (Å²) < 4.78 is 0. The van der Waals surface area contributed by atoms with Gasteiger partial charge in [-0.1, -0.05) is 19.3 Å². The van der Waals surface area contributed by atoms with Crippen molar-refractivity contribution in [1.82, 2.24) is 0 Å². The average molecular weight is 128 g/mol. The molecule has 1 fully saturated rings. The molecule has 0 bridgehead atoms. The van der Waals surface area contributed by atoms with Crippen LogP contribution in [0, 0.1) is 0 Å². The monoisotopic (exact) mass is 128 g/mol. The highest BCUT2D eigenvalue weighted by atomic mass is 14.8. The van der Waals surface area contributed by atoms with Gasteiger partial charge in [0.05, 0.1) is 0 Å². The van der Waals surface area contributed by atoms with Gasteiger partial charge in [-0.3, -0.25) is 0 Å². The Bertz CT molecular complexity index is 73.0. The third kappa shape index (κ3) is 1.95. The van der Waals surface area contributed by atoms with Crippen LogP contribution < -0.4 is 11.5 Å². The Labute approximate surface area is 56.6 Å². The van der Waals surface area contributed by atoms with Crippen molar-refractivity contribution in [2.75, 3.05) is 0 Å². The Kier molecular flexibility index (Phi) is 2.49. The smallest absolute Gasteiger partial charge is 0.0192 e. The van der Waals surface area contributed by atoms with Crippen LogP contribution in [0.5, 0.6) is 0 Å². The molecular weight excluding hydrogens is 112 g/mol. The molecule has 1 aliphatic rings. The van der Waals surface area contributed by atoms with Gasteiger partial charge in [-0.25, -0.2) is 0 Å². The van der Waals surface area contributed by atoms with Crippen molar-refractivity contribution in [3.8, 4) is 0 Å². The topological polar surface area (TPSA) is 52.0 Å². The Morgan fingerprint density at radius 2 is 1.22 bits per heavy atom. The van der Waals surface area contributed by atoms with E-state index in [9.17, 15) is 0 Å². The maximum atomic E-state index is 5.75. The molecule has 0 aromatic rings. The first kappa shape index (κ1) is 7.03. The molecule has 0 aliphatic heterocycles. The summed E-state index contributed by atoms with van der Waals surface area (Å²) in [5, 5.41) is 0. The summed E-state index contributed by atoms with van der Waals surface area (Å²) in [5.41, 5.74) is 11.5. The summed E-state index contributed by atoms with van der Waals surface area (Å²) in [4.78, 5) is 0. The Balaban J connectivity index is 2.32. The Hall–Kier alpha value is -0.0800. The van der Waals surface area contributed by atoms with Crippen molar-refractivity contribution in [2.24, 2.45) is 11.5 Å². The normalized spacial score (nSPS) is 38.0. The molecule has 2 heteroatoms. The fourth-order valence-corrected chi connectivity index (χ4v) is 1.37. The molecular formula is C7H16N2. The van der Waals surface area contributed by atoms with E-state index >= 15 is 0 Å². The molecule has 9 heavy (non-hydrogen) atoms. The fourth-order valence-electron chi connectivity index (χ4n) is 1.37. The molecule has 1 rings (SSSR count). The maximum Gasteiger partial charge on any atom is 0.0192 e. The third-order valence-corrected chi connectivity index (χ3v) is 2.12. The molecule has 2 atom stereocenters. The molecule has 2 nitrogen and oxygen atoms in total. The van der Waals surface area contributed by atoms with Crippen LogP contribution in [0.3, 0.4) is 0 Å². The summed E-state index contributed by atoms with van der Waals surface area (Å²) in [6, 6.07) is 0.542. The first-order valence-corrected chi connectivity index (χ1v) is 3.82. The summed E-state index contributed by atoms with van der Waals surface area (Å²) >= 11 is 0. The van der Waals surface area contributed by atoms with Crippen LogP contribution in [0.15, 0.2) is 0 Å². The van der Waals surface area contributed by atoms with Crippen molar-refractivity contribution in [3.63, 3.8) is 0 Å². The molecule has 0 aromatic heterocycles. The molecule has 4 N–H and O–H groups in total. The third-order valence-electron chi connectivity index (χ3n) is 2.12. The largest absolute Gasteiger partial charge is 0.326 e. The molecule has 0 aromatic carbocycles. The van der Waals surface area contributed by atoms with Crippen LogP contribution in [0.25, 0.3) is 0 Å². The maximum absolute atomic E-state index is 5.75. The minimum atomic E-state index is 0.271. The van der Waals surface area contributed by atoms with E-state index in [0.29, 0.717) is 0 Å². The SMILES string of the molecule is NC1CCCCCC1N. The minimum absolute atomic E-state index is 0.271. The van der Waals surface area contributed by atoms with Crippen molar-refractivity contribution in [2.45, 2.75) is 44.2 Å². The van der Waals surface area contributed by atoms with Crippen LogP contribution >= 0.6 is 0 Å². The molecule has 0 spiro atoms. The van der Waals surface area contributed by atoms with Gasteiger partial charge in [-0.05, 0) is 12.8 Å². The molecule has 0 heterocycles. The van der Waals surface area contributed by atoms with E-state index in [-0.39, 0.29) is 12.1 Å². The highest BCUT2D eigenvalue weighted by molar-refractivity contribution is 4.78. The van der Waals surface area contributed by atoms with Gasteiger partial charge >= 0.3 is 0 Å². The van der Waals surface area contributed by atoms with Crippen molar-refractivity contribution in [3.05, 3.63) is 0 Å². The second-order valence-electron chi connectivity index (χ2n) is 2.97. The zero-order valence-corrected chi connectivity index (χ0v) is 5.84. The second kappa shape index (κ2) is 3.18. The van der Waals surface area contributed by atoms with E-state index in [1.807, 2.05) is 0 Å². The van der Waals surface area contributed by atoms with Crippen LogP contribution in [0.1, 0.15) is 32.1 Å². The van der Waals surface area contributed by atoms with Crippen LogP contribution in [0.2, 0.25) is 0 Å². The number of rotatable bonds is 0. The van der Waals surface area contributed by atoms with E-state index in [1.165, 1.54) is 19.3 Å². The van der Waals surface area contributed by atoms with Gasteiger partial charge in [0, 0.05) is 12.1 Å². The van der Waals surface area contributed by atoms with E-state index in [0.717, 1.165) is 12.8 Å². The van der Waals surface area contributed by atoms with Gasteiger partial charge in [0.2, 0.25) is 0 Å². The van der Waals surface area contributed by atoms with Gasteiger partial charge < -0.3 is 11.5 Å². The first-order valence-electron chi connectivity index (χ1n) is 3.82. The zero-order valence-electron chi connectivity index (χ0n) is 5.84. The van der Waals surface area contributed by atoms with E-state index < -0.39 is 0 Å². The van der Waals surface area contributed by atoms with Gasteiger partial charge in [-0.15, -0.1) is 0 Å². The highest BCUT2D eigenvalue weighted by Gasteiger charge is 2.15. The van der Waals surface area contributed by atoms with E-state index in [2.05, 4.69) is 0 Å². The van der Waals surface area contributed by atoms with Gasteiger partial charge in [0.15, 0.2) is 0 Å². The predicted octanol–water partition coefficient (Wildman–Crippen LogP) is 0.605. The van der Waals surface area contributed by atoms with Crippen molar-refractivity contribution >= 4 is 0 Å². The summed E-state index contributed by atoms with van der Waals surface area (Å²) in [7, 11) is 0. The minimum Gasteiger partial charge on any atom is -0.326 e. The number of hydrogen-bond donors (Lipinski definition) is 2. The van der Waals surface area contributed by atoms with Crippen LogP contribution in [-0.4, -0.2) is 12.1 Å². The average Bonchev–Trinajstić information content (AvgIpc) is 1.99. The van der Waals surface area contributed by atoms with Gasteiger partial charge in [0.25, 0.3) is 0 Å². The molecule has 2 unspecified atom stereocenters. The highest BCUT2D eigenvalue weighted by Crippen LogP contribution is 2.14. The van der Waals surface area contributed by atoms with Crippen molar-refractivity contribution in [1.29, 1.82) is 0 Å². The fraction of sp³-hybridized carbons (Fsp3) is 1.00. The summed E-state index contributed by atoms with van der Waals surface area (Å²) in [5.74, 6) is 0. The van der Waals surface area contributed by atoms with Gasteiger partial charge in [-0.2, -0.15) is 0 Å². The molecule has 0 amide bonds. The molecule has 0 radical (unpaired) electrons. The first-order chi connectivity index (χ1) is 4.30. The van der Waals surface area contributed by atoms with Crippen molar-refractivity contribution < 1.29 is 0 Å². The second-order valence-corrected chi connectivity index (χ2v) is 2.97. The molecule has 0 saturated heterocycles. The number of hydrogen-bond acceptors (Lipinski definition) is 2. The standard InChI is InChI=1S/C7H16N2/c8-6-4-2-1-3-5-7(6)9/h6-7H,1-5,8-9H2. The lowest BCUT2D eigenvalue weighted by Gasteiger charge is -2.14. The van der Waals surface area contributed by atoms with Gasteiger partial charge in [0.1, 0.15) is 0 Å².